The van der Waals surface area contributed by atoms with Gasteiger partial charge in [0.2, 0.25) is 0 Å². The van der Waals surface area contributed by atoms with E-state index >= 15 is 0 Å². The Balaban J connectivity index is 1.49. The number of aryl methyl sites for hydroxylation is 1. The minimum absolute atomic E-state index is 0.0162. The maximum absolute atomic E-state index is 11.9. The number of aromatic nitrogens is 1. The second-order valence-electron chi connectivity index (χ2n) is 6.13. The number of benzene rings is 1. The third-order valence-electron chi connectivity index (χ3n) is 4.40. The molecule has 2 aromatic rings. The average molecular weight is 313 g/mol. The van der Waals surface area contributed by atoms with Gasteiger partial charge in [0.15, 0.2) is 0 Å². The number of nitrogens with one attached hydrogen (secondary N) is 3. The molecule has 1 aromatic heterocycles. The highest BCUT2D eigenvalue weighted by molar-refractivity contribution is 5.86. The fraction of sp³-hybridized carbons (Fsp3) is 0.389. The molecule has 5 nitrogen and oxygen atoms in total. The van der Waals surface area contributed by atoms with E-state index in [4.69, 9.17) is 5.11 Å². The van der Waals surface area contributed by atoms with Crippen LogP contribution in [-0.4, -0.2) is 35.3 Å². The van der Waals surface area contributed by atoms with Gasteiger partial charge in [0, 0.05) is 42.2 Å². The summed E-state index contributed by atoms with van der Waals surface area (Å²) in [6, 6.07) is 6.07. The van der Waals surface area contributed by atoms with Gasteiger partial charge in [-0.25, -0.2) is 4.79 Å². The van der Waals surface area contributed by atoms with Gasteiger partial charge in [0.1, 0.15) is 0 Å². The number of aromatic amines is 1. The topological polar surface area (TPSA) is 77.2 Å². The molecular formula is C18H23N3O2. The summed E-state index contributed by atoms with van der Waals surface area (Å²) in [6.07, 6.45) is 7.48. The standard InChI is InChI=1S/C18H23N3O2/c1-12-3-2-4-16-17(12)14(10-20-16)7-8-19-18(23)21-15-6-5-13(9-15)11-22/h2-6,10,13,15,20,22H,7-9,11H2,1H3,(H2,19,21,23)/t13-,15+/m0/s1. The Kier molecular flexibility index (Phi) is 4.67. The highest BCUT2D eigenvalue weighted by Crippen LogP contribution is 2.22. The minimum atomic E-state index is -0.158. The molecule has 3 rings (SSSR count). The SMILES string of the molecule is Cc1cccc2[nH]cc(CCNC(=O)N[C@@H]3C=C[C@H](CO)C3)c12. The van der Waals surface area contributed by atoms with E-state index in [1.807, 2.05) is 24.4 Å². The number of urea groups is 1. The molecule has 0 aliphatic heterocycles. The van der Waals surface area contributed by atoms with E-state index in [1.54, 1.807) is 0 Å². The molecular weight excluding hydrogens is 290 g/mol. The summed E-state index contributed by atoms with van der Waals surface area (Å²) in [4.78, 5) is 15.2. The predicted molar refractivity (Wildman–Crippen MR) is 91.4 cm³/mol. The van der Waals surface area contributed by atoms with Crippen molar-refractivity contribution in [1.82, 2.24) is 15.6 Å². The number of aliphatic hydroxyl groups excluding tert-OH is 1. The van der Waals surface area contributed by atoms with Crippen LogP contribution in [0, 0.1) is 12.8 Å². The summed E-state index contributed by atoms with van der Waals surface area (Å²) in [7, 11) is 0. The van der Waals surface area contributed by atoms with E-state index < -0.39 is 0 Å². The maximum Gasteiger partial charge on any atom is 0.315 e. The van der Waals surface area contributed by atoms with Crippen LogP contribution < -0.4 is 10.6 Å². The van der Waals surface area contributed by atoms with Crippen molar-refractivity contribution in [2.75, 3.05) is 13.2 Å². The van der Waals surface area contributed by atoms with Crippen LogP contribution >= 0.6 is 0 Å². The Bertz CT molecular complexity index is 720. The Hall–Kier alpha value is -2.27. The number of carbonyl (C=O) groups is 1. The highest BCUT2D eigenvalue weighted by Gasteiger charge is 2.19. The molecule has 2 atom stereocenters. The van der Waals surface area contributed by atoms with Crippen LogP contribution in [0.3, 0.4) is 0 Å². The number of amides is 2. The second-order valence-corrected chi connectivity index (χ2v) is 6.13. The van der Waals surface area contributed by atoms with Gasteiger partial charge in [-0.05, 0) is 37.0 Å². The van der Waals surface area contributed by atoms with Crippen LogP contribution in [0.4, 0.5) is 4.79 Å². The van der Waals surface area contributed by atoms with Gasteiger partial charge in [-0.15, -0.1) is 0 Å². The first kappa shape index (κ1) is 15.6. The quantitative estimate of drug-likeness (QED) is 0.639. The van der Waals surface area contributed by atoms with Gasteiger partial charge >= 0.3 is 6.03 Å². The van der Waals surface area contributed by atoms with Crippen LogP contribution in [0.25, 0.3) is 10.9 Å². The lowest BCUT2D eigenvalue weighted by atomic mass is 10.1. The zero-order valence-electron chi connectivity index (χ0n) is 13.3. The van der Waals surface area contributed by atoms with Crippen molar-refractivity contribution in [3.05, 3.63) is 47.7 Å². The molecule has 5 heteroatoms. The van der Waals surface area contributed by atoms with E-state index in [9.17, 15) is 4.79 Å². The second kappa shape index (κ2) is 6.87. The first-order valence-corrected chi connectivity index (χ1v) is 8.06. The lowest BCUT2D eigenvalue weighted by Gasteiger charge is -2.13. The third kappa shape index (κ3) is 3.56. The summed E-state index contributed by atoms with van der Waals surface area (Å²) in [6.45, 7) is 2.83. The van der Waals surface area contributed by atoms with Crippen LogP contribution in [0.15, 0.2) is 36.5 Å². The van der Waals surface area contributed by atoms with Crippen molar-refractivity contribution in [1.29, 1.82) is 0 Å². The molecule has 0 saturated heterocycles. The van der Waals surface area contributed by atoms with Crippen LogP contribution in [0.5, 0.6) is 0 Å². The largest absolute Gasteiger partial charge is 0.396 e. The summed E-state index contributed by atoms with van der Waals surface area (Å²) in [5.41, 5.74) is 3.60. The molecule has 1 aromatic carbocycles. The number of carbonyl (C=O) groups excluding carboxylic acids is 1. The fourth-order valence-electron chi connectivity index (χ4n) is 3.20. The summed E-state index contributed by atoms with van der Waals surface area (Å²) in [5.74, 6) is 0.162. The average Bonchev–Trinajstić information content (AvgIpc) is 3.15. The molecule has 1 aliphatic rings. The molecule has 23 heavy (non-hydrogen) atoms. The van der Waals surface area contributed by atoms with Gasteiger partial charge in [-0.3, -0.25) is 0 Å². The van der Waals surface area contributed by atoms with Gasteiger partial charge < -0.3 is 20.7 Å². The highest BCUT2D eigenvalue weighted by atomic mass is 16.3. The molecule has 4 N–H and O–H groups in total. The Morgan fingerprint density at radius 2 is 2.26 bits per heavy atom. The Morgan fingerprint density at radius 3 is 3.04 bits per heavy atom. The lowest BCUT2D eigenvalue weighted by molar-refractivity contribution is 0.231. The fourth-order valence-corrected chi connectivity index (χ4v) is 3.20. The molecule has 0 fully saturated rings. The number of rotatable bonds is 5. The van der Waals surface area contributed by atoms with Crippen LogP contribution in [-0.2, 0) is 6.42 Å². The molecule has 0 spiro atoms. The Morgan fingerprint density at radius 1 is 1.39 bits per heavy atom. The number of H-pyrrole nitrogens is 1. The van der Waals surface area contributed by atoms with Crippen molar-refractivity contribution >= 4 is 16.9 Å². The molecule has 0 unspecified atom stereocenters. The molecule has 0 radical (unpaired) electrons. The van der Waals surface area contributed by atoms with E-state index in [2.05, 4.69) is 34.7 Å². The van der Waals surface area contributed by atoms with Crippen molar-refractivity contribution in [2.24, 2.45) is 5.92 Å². The number of hydrogen-bond donors (Lipinski definition) is 4. The summed E-state index contributed by atoms with van der Waals surface area (Å²) < 4.78 is 0. The minimum Gasteiger partial charge on any atom is -0.396 e. The first-order chi connectivity index (χ1) is 11.2. The maximum atomic E-state index is 11.9. The predicted octanol–water partition coefficient (Wildman–Crippen LogP) is 2.26. The van der Waals surface area contributed by atoms with E-state index in [1.165, 1.54) is 16.5 Å². The molecule has 0 saturated carbocycles. The molecule has 1 heterocycles. The zero-order valence-corrected chi connectivity index (χ0v) is 13.3. The first-order valence-electron chi connectivity index (χ1n) is 8.06. The number of aliphatic hydroxyl groups is 1. The normalized spacial score (nSPS) is 20.1. The molecule has 2 amide bonds. The van der Waals surface area contributed by atoms with Crippen molar-refractivity contribution < 1.29 is 9.90 Å². The summed E-state index contributed by atoms with van der Waals surface area (Å²) in [5, 5.41) is 16.2. The van der Waals surface area contributed by atoms with Gasteiger partial charge in [0.05, 0.1) is 0 Å². The molecule has 122 valence electrons. The van der Waals surface area contributed by atoms with Crippen molar-refractivity contribution in [2.45, 2.75) is 25.8 Å². The summed E-state index contributed by atoms with van der Waals surface area (Å²) >= 11 is 0. The monoisotopic (exact) mass is 313 g/mol. The van der Waals surface area contributed by atoms with Crippen molar-refractivity contribution in [3.8, 4) is 0 Å². The van der Waals surface area contributed by atoms with Gasteiger partial charge in [0.25, 0.3) is 0 Å². The number of hydrogen-bond acceptors (Lipinski definition) is 2. The van der Waals surface area contributed by atoms with Crippen LogP contribution in [0.2, 0.25) is 0 Å². The lowest BCUT2D eigenvalue weighted by Crippen LogP contribution is -2.41. The zero-order chi connectivity index (χ0) is 16.2. The van der Waals surface area contributed by atoms with E-state index in [-0.39, 0.29) is 24.6 Å². The molecule has 0 bridgehead atoms. The van der Waals surface area contributed by atoms with Gasteiger partial charge in [-0.1, -0.05) is 24.3 Å². The Labute approximate surface area is 135 Å². The van der Waals surface area contributed by atoms with E-state index in [0.29, 0.717) is 6.54 Å². The van der Waals surface area contributed by atoms with Crippen molar-refractivity contribution in [3.63, 3.8) is 0 Å². The van der Waals surface area contributed by atoms with E-state index in [0.717, 1.165) is 18.4 Å². The van der Waals surface area contributed by atoms with Gasteiger partial charge in [-0.2, -0.15) is 0 Å². The molecule has 1 aliphatic carbocycles. The van der Waals surface area contributed by atoms with Crippen LogP contribution in [0.1, 0.15) is 17.5 Å². The smallest absolute Gasteiger partial charge is 0.315 e. The third-order valence-corrected chi connectivity index (χ3v) is 4.40. The number of fused-ring (bicyclic) bond motifs is 1.